The molecule has 0 aromatic heterocycles. The lowest BCUT2D eigenvalue weighted by Crippen LogP contribution is -2.25. The molecule has 10 heteroatoms. The van der Waals surface area contributed by atoms with E-state index in [9.17, 15) is 30.0 Å². The quantitative estimate of drug-likeness (QED) is 0.0288. The molecule has 4 N–H and O–H groups in total. The van der Waals surface area contributed by atoms with Gasteiger partial charge >= 0.3 is 11.9 Å². The van der Waals surface area contributed by atoms with Crippen molar-refractivity contribution >= 4 is 11.9 Å². The smallest absolute Gasteiger partial charge is 0.305 e. The maximum Gasteiger partial charge on any atom is 0.305 e. The number of allylic oxidation sites excluding steroid dienone is 2. The predicted octanol–water partition coefficient (Wildman–Crippen LogP) is 12.6. The molecule has 67 heavy (non-hydrogen) atoms. The Labute approximate surface area is 405 Å². The Morgan fingerprint density at radius 2 is 0.821 bits per heavy atom. The molecule has 0 spiro atoms. The Bertz CT molecular complexity index is 1450. The number of esters is 2. The summed E-state index contributed by atoms with van der Waals surface area (Å²) < 4.78 is 22.2. The molecule has 2 unspecified atom stereocenters. The van der Waals surface area contributed by atoms with Crippen LogP contribution >= 0.6 is 0 Å². The zero-order valence-electron chi connectivity index (χ0n) is 42.2. The van der Waals surface area contributed by atoms with Gasteiger partial charge in [0, 0.05) is 18.3 Å². The molecule has 2 aromatic rings. The van der Waals surface area contributed by atoms with Crippen LogP contribution in [0.5, 0.6) is 11.5 Å². The Morgan fingerprint density at radius 1 is 0.463 bits per heavy atom. The van der Waals surface area contributed by atoms with Crippen LogP contribution in [-0.4, -0.2) is 83.2 Å². The average Bonchev–Trinajstić information content (AvgIpc) is 3.33. The van der Waals surface area contributed by atoms with Crippen molar-refractivity contribution in [2.24, 2.45) is 0 Å². The fourth-order valence-corrected chi connectivity index (χ4v) is 7.82. The van der Waals surface area contributed by atoms with E-state index < -0.39 is 12.2 Å². The van der Waals surface area contributed by atoms with Gasteiger partial charge in [-0.2, -0.15) is 0 Å². The van der Waals surface area contributed by atoms with Crippen LogP contribution in [0.15, 0.2) is 72.8 Å². The Balaban J connectivity index is 1.53. The van der Waals surface area contributed by atoms with Crippen LogP contribution in [-0.2, 0) is 24.5 Å². The molecular formula is C57H92O10. The molecule has 380 valence electrons. The molecule has 0 fully saturated rings. The standard InChI is InChI=1S/C57H92O10/c1-5-7-9-23-29-49(58)31-25-19-15-11-13-17-21-27-33-55(62)66-45-51(60)43-64-53-39-35-47(36-40-53)57(3,4)48-37-41-54(42-38-48)65-44-52(61)46-67-56(63)34-28-22-18-14-12-16-20-26-32-50(59)30-24-10-8-6-2/h19-20,25-26,35-42,49-52,58-61H,5-18,21-24,27-34,43-46H2,1-4H3/b25-19-,26-20-/t49-,50-,51?,52?/m1/s1. The zero-order valence-corrected chi connectivity index (χ0v) is 42.2. The third-order valence-corrected chi connectivity index (χ3v) is 12.3. The highest BCUT2D eigenvalue weighted by atomic mass is 16.6. The van der Waals surface area contributed by atoms with Crippen LogP contribution in [0, 0.1) is 0 Å². The zero-order chi connectivity index (χ0) is 48.8. The predicted molar refractivity (Wildman–Crippen MR) is 272 cm³/mol. The summed E-state index contributed by atoms with van der Waals surface area (Å²) in [5, 5.41) is 40.9. The molecule has 2 aromatic carbocycles. The fraction of sp³-hybridized carbons (Fsp3) is 0.684. The van der Waals surface area contributed by atoms with Gasteiger partial charge in [-0.3, -0.25) is 9.59 Å². The minimum absolute atomic E-state index is 0.00775. The monoisotopic (exact) mass is 937 g/mol. The van der Waals surface area contributed by atoms with Crippen molar-refractivity contribution in [1.82, 2.24) is 0 Å². The highest BCUT2D eigenvalue weighted by Gasteiger charge is 2.23. The molecule has 0 radical (unpaired) electrons. The minimum atomic E-state index is -0.932. The minimum Gasteiger partial charge on any atom is -0.491 e. The molecule has 0 aliphatic heterocycles. The van der Waals surface area contributed by atoms with E-state index in [1.165, 1.54) is 38.5 Å². The number of benzene rings is 2. The van der Waals surface area contributed by atoms with Crippen molar-refractivity contribution in [1.29, 1.82) is 0 Å². The molecule has 0 aliphatic rings. The summed E-state index contributed by atoms with van der Waals surface area (Å²) in [6.45, 7) is 8.45. The van der Waals surface area contributed by atoms with Crippen molar-refractivity contribution in [3.63, 3.8) is 0 Å². The second-order valence-electron chi connectivity index (χ2n) is 19.0. The van der Waals surface area contributed by atoms with Crippen molar-refractivity contribution in [3.8, 4) is 11.5 Å². The number of aliphatic hydroxyl groups is 4. The van der Waals surface area contributed by atoms with E-state index in [4.69, 9.17) is 18.9 Å². The topological polar surface area (TPSA) is 152 Å². The normalized spacial score (nSPS) is 13.7. The molecule has 0 amide bonds. The van der Waals surface area contributed by atoms with E-state index in [2.05, 4.69) is 52.0 Å². The molecule has 0 bridgehead atoms. The number of carbonyl (C=O) groups is 2. The summed E-state index contributed by atoms with van der Waals surface area (Å²) in [6, 6.07) is 15.4. The van der Waals surface area contributed by atoms with E-state index in [1.54, 1.807) is 0 Å². The van der Waals surface area contributed by atoms with E-state index in [0.717, 1.165) is 127 Å². The lowest BCUT2D eigenvalue weighted by molar-refractivity contribution is -0.148. The number of hydrogen-bond donors (Lipinski definition) is 4. The summed E-state index contributed by atoms with van der Waals surface area (Å²) in [5.41, 5.74) is 1.81. The number of aliphatic hydroxyl groups excluding tert-OH is 4. The first-order valence-corrected chi connectivity index (χ1v) is 26.2. The maximum absolute atomic E-state index is 12.2. The van der Waals surface area contributed by atoms with Crippen LogP contribution in [0.2, 0.25) is 0 Å². The first-order chi connectivity index (χ1) is 32.4. The van der Waals surface area contributed by atoms with Gasteiger partial charge in [0.15, 0.2) is 0 Å². The summed E-state index contributed by atoms with van der Waals surface area (Å²) in [4.78, 5) is 24.4. The van der Waals surface area contributed by atoms with Gasteiger partial charge in [0.05, 0.1) is 12.2 Å². The van der Waals surface area contributed by atoms with Crippen LogP contribution in [0.1, 0.15) is 206 Å². The van der Waals surface area contributed by atoms with Gasteiger partial charge in [-0.15, -0.1) is 0 Å². The third kappa shape index (κ3) is 30.4. The molecule has 0 aliphatic carbocycles. The van der Waals surface area contributed by atoms with Gasteiger partial charge < -0.3 is 39.4 Å². The highest BCUT2D eigenvalue weighted by Crippen LogP contribution is 2.33. The lowest BCUT2D eigenvalue weighted by atomic mass is 9.78. The molecule has 0 saturated heterocycles. The molecule has 0 heterocycles. The molecular weight excluding hydrogens is 845 g/mol. The van der Waals surface area contributed by atoms with E-state index in [1.807, 2.05) is 48.5 Å². The number of unbranched alkanes of at least 4 members (excludes halogenated alkanes) is 16. The Kier molecular flexibility index (Phi) is 33.9. The fourth-order valence-electron chi connectivity index (χ4n) is 7.82. The van der Waals surface area contributed by atoms with Crippen molar-refractivity contribution in [2.45, 2.75) is 224 Å². The van der Waals surface area contributed by atoms with Crippen LogP contribution in [0.3, 0.4) is 0 Å². The summed E-state index contributed by atoms with van der Waals surface area (Å²) in [6.07, 6.45) is 31.8. The number of hydrogen-bond acceptors (Lipinski definition) is 10. The first-order valence-electron chi connectivity index (χ1n) is 26.2. The van der Waals surface area contributed by atoms with E-state index >= 15 is 0 Å². The lowest BCUT2D eigenvalue weighted by Gasteiger charge is -2.26. The molecule has 10 nitrogen and oxygen atoms in total. The van der Waals surface area contributed by atoms with Crippen molar-refractivity contribution in [3.05, 3.63) is 84.0 Å². The number of ether oxygens (including phenoxy) is 4. The van der Waals surface area contributed by atoms with Crippen molar-refractivity contribution < 1.29 is 49.0 Å². The van der Waals surface area contributed by atoms with Crippen LogP contribution in [0.4, 0.5) is 0 Å². The van der Waals surface area contributed by atoms with Gasteiger partial charge in [-0.05, 0) is 99.6 Å². The number of carbonyl (C=O) groups excluding carboxylic acids is 2. The molecule has 2 rings (SSSR count). The second-order valence-corrected chi connectivity index (χ2v) is 19.0. The Morgan fingerprint density at radius 3 is 1.21 bits per heavy atom. The Hall–Kier alpha value is -3.70. The summed E-state index contributed by atoms with van der Waals surface area (Å²) in [5.74, 6) is 0.607. The maximum atomic E-state index is 12.2. The third-order valence-electron chi connectivity index (χ3n) is 12.3. The van der Waals surface area contributed by atoms with Crippen molar-refractivity contribution in [2.75, 3.05) is 26.4 Å². The summed E-state index contributed by atoms with van der Waals surface area (Å²) in [7, 11) is 0. The largest absolute Gasteiger partial charge is 0.491 e. The molecule has 4 atom stereocenters. The number of rotatable bonds is 42. The average molecular weight is 937 g/mol. The summed E-state index contributed by atoms with van der Waals surface area (Å²) >= 11 is 0. The van der Waals surface area contributed by atoms with E-state index in [-0.39, 0.29) is 56.0 Å². The van der Waals surface area contributed by atoms with Crippen LogP contribution in [0.25, 0.3) is 0 Å². The first kappa shape index (κ1) is 59.4. The second kappa shape index (κ2) is 38.2. The SMILES string of the molecule is CCCCCC[C@@H](O)C/C=C\CCCCCCCC(=O)OCC(O)COc1ccc(C(C)(C)c2ccc(OCC(O)COC(=O)CCCCCCC/C=C\C[C@H](O)CCCCCC)cc2)cc1. The van der Waals surface area contributed by atoms with Gasteiger partial charge in [0.2, 0.25) is 0 Å². The highest BCUT2D eigenvalue weighted by molar-refractivity contribution is 5.69. The van der Waals surface area contributed by atoms with Crippen LogP contribution < -0.4 is 9.47 Å². The van der Waals surface area contributed by atoms with Gasteiger partial charge in [-0.1, -0.05) is 166 Å². The van der Waals surface area contributed by atoms with Gasteiger partial charge in [-0.25, -0.2) is 0 Å². The van der Waals surface area contributed by atoms with Gasteiger partial charge in [0.1, 0.15) is 50.1 Å². The van der Waals surface area contributed by atoms with E-state index in [0.29, 0.717) is 24.3 Å². The van der Waals surface area contributed by atoms with Gasteiger partial charge in [0.25, 0.3) is 0 Å². The molecule has 0 saturated carbocycles.